The average molecular weight is 481 g/mol. The van der Waals surface area contributed by atoms with Crippen molar-refractivity contribution in [2.24, 2.45) is 23.7 Å². The van der Waals surface area contributed by atoms with Crippen LogP contribution in [0.25, 0.3) is 0 Å². The number of hydrogen-bond acceptors (Lipinski definition) is 5. The largest absolute Gasteiger partial charge is 0.381 e. The molecule has 0 radical (unpaired) electrons. The van der Waals surface area contributed by atoms with Gasteiger partial charge in [0.15, 0.2) is 0 Å². The molecule has 1 heterocycles. The maximum Gasteiger partial charge on any atom is 0.226 e. The highest BCUT2D eigenvalue weighted by molar-refractivity contribution is 8.00. The Kier molecular flexibility index (Phi) is 8.71. The number of nitroso groups, excluding NO2 is 1. The second kappa shape index (κ2) is 11.5. The summed E-state index contributed by atoms with van der Waals surface area (Å²) in [4.78, 5) is 37.6. The Labute approximate surface area is 202 Å². The van der Waals surface area contributed by atoms with Crippen LogP contribution in [0.4, 0.5) is 0 Å². The van der Waals surface area contributed by atoms with Crippen LogP contribution in [0.2, 0.25) is 0 Å². The molecule has 33 heavy (non-hydrogen) atoms. The van der Waals surface area contributed by atoms with Gasteiger partial charge in [0.1, 0.15) is 0 Å². The molecule has 3 saturated carbocycles. The number of rotatable bonds is 7. The maximum atomic E-state index is 13.5. The van der Waals surface area contributed by atoms with Crippen LogP contribution < -0.4 is 15.8 Å². The summed E-state index contributed by atoms with van der Waals surface area (Å²) in [5.74, 6) is 1.40. The lowest BCUT2D eigenvalue weighted by atomic mass is 9.75. The van der Waals surface area contributed by atoms with Gasteiger partial charge in [-0.05, 0) is 74.3 Å². The summed E-state index contributed by atoms with van der Waals surface area (Å²) < 4.78 is 5.46. The van der Waals surface area contributed by atoms with Crippen LogP contribution in [-0.2, 0) is 14.3 Å². The fraction of sp³-hybridized carbons (Fsp3) is 0.920. The molecule has 0 bridgehead atoms. The van der Waals surface area contributed by atoms with Gasteiger partial charge >= 0.3 is 0 Å². The van der Waals surface area contributed by atoms with Gasteiger partial charge in [0.05, 0.1) is 17.4 Å². The van der Waals surface area contributed by atoms with Crippen LogP contribution in [0, 0.1) is 28.6 Å². The lowest BCUT2D eigenvalue weighted by Gasteiger charge is -2.33. The number of methoxy groups -OCH3 is 1. The lowest BCUT2D eigenvalue weighted by Crippen LogP contribution is -2.74. The Morgan fingerprint density at radius 2 is 1.79 bits per heavy atom. The van der Waals surface area contributed by atoms with Gasteiger partial charge in [0.25, 0.3) is 0 Å². The summed E-state index contributed by atoms with van der Waals surface area (Å²) in [6, 6.07) is -0.00874. The number of fused-ring (bicyclic) bond motifs is 1. The molecule has 186 valence electrons. The van der Waals surface area contributed by atoms with Gasteiger partial charge in [-0.1, -0.05) is 13.3 Å². The molecule has 0 aromatic carbocycles. The number of amides is 2. The van der Waals surface area contributed by atoms with Gasteiger partial charge in [-0.3, -0.25) is 9.59 Å². The Balaban J connectivity index is 1.37. The van der Waals surface area contributed by atoms with Crippen molar-refractivity contribution in [2.75, 3.05) is 7.11 Å². The van der Waals surface area contributed by atoms with E-state index in [4.69, 9.17) is 4.74 Å². The standard InChI is InChI=1S/C25H41N3O4S/c1-15-6-11-20-21(12-15)33-25(27-22(29)13-16-7-9-19(32-2)10-8-16)23(20)24(30)26-17-4-3-5-18(14-17)28-31/h15-21,23,25H,3-14H2,1-2H3,(H,26,30)(H,27,29)/p+1. The Bertz CT molecular complexity index is 699. The fourth-order valence-electron chi connectivity index (χ4n) is 6.65. The van der Waals surface area contributed by atoms with Gasteiger partial charge in [-0.15, -0.1) is 11.8 Å². The van der Waals surface area contributed by atoms with E-state index in [2.05, 4.69) is 22.7 Å². The first-order valence-corrected chi connectivity index (χ1v) is 14.1. The van der Waals surface area contributed by atoms with E-state index >= 15 is 0 Å². The van der Waals surface area contributed by atoms with E-state index < -0.39 is 0 Å². The highest BCUT2D eigenvalue weighted by atomic mass is 32.2. The van der Waals surface area contributed by atoms with Crippen molar-refractivity contribution in [3.8, 4) is 0 Å². The van der Waals surface area contributed by atoms with Crippen LogP contribution in [0.5, 0.6) is 0 Å². The average Bonchev–Trinajstić information content (AvgIpc) is 3.16. The minimum atomic E-state index is -0.179. The molecule has 4 rings (SSSR count). The second-order valence-corrected chi connectivity index (χ2v) is 12.4. The smallest absolute Gasteiger partial charge is 0.226 e. The van der Waals surface area contributed by atoms with Crippen molar-refractivity contribution in [1.82, 2.24) is 10.6 Å². The van der Waals surface area contributed by atoms with Crippen molar-refractivity contribution < 1.29 is 19.5 Å². The second-order valence-electron chi connectivity index (χ2n) is 11.0. The summed E-state index contributed by atoms with van der Waals surface area (Å²) in [6.45, 7) is 2.30. The Morgan fingerprint density at radius 3 is 2.52 bits per heavy atom. The van der Waals surface area contributed by atoms with Gasteiger partial charge in [-0.2, -0.15) is 0 Å². The zero-order chi connectivity index (χ0) is 23.4. The molecule has 3 aliphatic carbocycles. The summed E-state index contributed by atoms with van der Waals surface area (Å²) in [5.41, 5.74) is 0. The molecule has 7 nitrogen and oxygen atoms in total. The van der Waals surface area contributed by atoms with Crippen molar-refractivity contribution in [2.45, 2.75) is 113 Å². The van der Waals surface area contributed by atoms with Crippen molar-refractivity contribution in [3.05, 3.63) is 4.91 Å². The summed E-state index contributed by atoms with van der Waals surface area (Å²) in [6.07, 6.45) is 11.8. The van der Waals surface area contributed by atoms with E-state index in [0.29, 0.717) is 41.9 Å². The third kappa shape index (κ3) is 6.30. The molecule has 0 aromatic rings. The molecule has 0 aromatic heterocycles. The quantitative estimate of drug-likeness (QED) is 0.520. The van der Waals surface area contributed by atoms with Crippen molar-refractivity contribution >= 4 is 23.6 Å². The van der Waals surface area contributed by atoms with Gasteiger partial charge in [0.2, 0.25) is 17.9 Å². The highest BCUT2D eigenvalue weighted by Crippen LogP contribution is 2.50. The number of hydrogen-bond donors (Lipinski definition) is 3. The molecule has 3 N–H and O–H groups in total. The molecule has 0 spiro atoms. The van der Waals surface area contributed by atoms with Crippen LogP contribution in [0.1, 0.15) is 84.0 Å². The van der Waals surface area contributed by atoms with Crippen molar-refractivity contribution in [3.63, 3.8) is 0 Å². The number of carbonyl (C=O) groups excluding carboxylic acids is 2. The molecule has 1 saturated heterocycles. The molecular weight excluding hydrogens is 438 g/mol. The van der Waals surface area contributed by atoms with Crippen LogP contribution >= 0.6 is 11.8 Å². The summed E-state index contributed by atoms with van der Waals surface area (Å²) >= 11 is 1.82. The van der Waals surface area contributed by atoms with Crippen molar-refractivity contribution in [1.29, 1.82) is 0 Å². The monoisotopic (exact) mass is 480 g/mol. The molecule has 4 fully saturated rings. The summed E-state index contributed by atoms with van der Waals surface area (Å²) in [7, 11) is 1.77. The first-order valence-electron chi connectivity index (χ1n) is 13.1. The molecule has 1 aliphatic heterocycles. The molecule has 2 amide bonds. The predicted molar refractivity (Wildman–Crippen MR) is 129 cm³/mol. The first kappa shape index (κ1) is 25.0. The molecule has 7 atom stereocenters. The van der Waals surface area contributed by atoms with Gasteiger partial charge in [-0.25, -0.2) is 0 Å². The van der Waals surface area contributed by atoms with Crippen LogP contribution in [-0.4, -0.2) is 47.7 Å². The van der Waals surface area contributed by atoms with Crippen LogP contribution in [0.3, 0.4) is 0 Å². The SMILES string of the molecule is COC1CCC(CC(=O)NC2SC3CC(C)CCC3C2C(=O)NC2CCCC([NH+]=O)C2)CC1. The third-order valence-corrected chi connectivity index (χ3v) is 10.2. The molecule has 8 heteroatoms. The maximum absolute atomic E-state index is 13.5. The number of nitrogens with one attached hydrogen (secondary N) is 3. The minimum absolute atomic E-state index is 0.0524. The zero-order valence-corrected chi connectivity index (χ0v) is 21.0. The van der Waals surface area contributed by atoms with E-state index in [0.717, 1.165) is 64.2 Å². The van der Waals surface area contributed by atoms with Gasteiger partial charge < -0.3 is 15.4 Å². The van der Waals surface area contributed by atoms with Crippen LogP contribution in [0.15, 0.2) is 0 Å². The lowest BCUT2D eigenvalue weighted by molar-refractivity contribution is -0.529. The van der Waals surface area contributed by atoms with E-state index in [1.54, 1.807) is 7.11 Å². The van der Waals surface area contributed by atoms with E-state index in [1.165, 1.54) is 0 Å². The van der Waals surface area contributed by atoms with E-state index in [-0.39, 0.29) is 35.2 Å². The molecule has 7 unspecified atom stereocenters. The summed E-state index contributed by atoms with van der Waals surface area (Å²) in [5, 5.41) is 8.98. The highest BCUT2D eigenvalue weighted by Gasteiger charge is 2.50. The Hall–Kier alpha value is -1.15. The fourth-order valence-corrected chi connectivity index (χ4v) is 8.67. The number of ether oxygens (including phenoxy) is 1. The predicted octanol–water partition coefficient (Wildman–Crippen LogP) is 2.47. The van der Waals surface area contributed by atoms with Gasteiger partial charge in [0, 0.05) is 42.6 Å². The normalized spacial score (nSPS) is 41.1. The Morgan fingerprint density at radius 1 is 1.00 bits per heavy atom. The number of thioether (sulfide) groups is 1. The number of carbonyl (C=O) groups is 2. The first-order chi connectivity index (χ1) is 16.0. The minimum Gasteiger partial charge on any atom is -0.381 e. The van der Waals surface area contributed by atoms with E-state index in [1.807, 2.05) is 11.8 Å². The molecular formula is C25H42N3O4S+. The molecule has 4 aliphatic rings. The van der Waals surface area contributed by atoms with E-state index in [9.17, 15) is 14.5 Å². The topological polar surface area (TPSA) is 98.5 Å². The zero-order valence-electron chi connectivity index (χ0n) is 20.2. The third-order valence-electron chi connectivity index (χ3n) is 8.61.